The van der Waals surface area contributed by atoms with Crippen LogP contribution in [0.2, 0.25) is 0 Å². The highest BCUT2D eigenvalue weighted by molar-refractivity contribution is 7.80. The standard InChI is InChI=1S/C20H24FN3O2S/c1-12(2)16-8-5-13(3)9-18(16)26-11-19(25)23-24-20(27)22-15-7-6-14(4)17(21)10-15/h5-10,12H,11H2,1-4H3,(H,23,25)(H2,22,24,27). The van der Waals surface area contributed by atoms with E-state index in [1.807, 2.05) is 25.1 Å². The van der Waals surface area contributed by atoms with E-state index in [2.05, 4.69) is 30.0 Å². The van der Waals surface area contributed by atoms with Crippen LogP contribution in [0.5, 0.6) is 5.75 Å². The van der Waals surface area contributed by atoms with Crippen molar-refractivity contribution in [2.75, 3.05) is 11.9 Å². The predicted molar refractivity (Wildman–Crippen MR) is 109 cm³/mol. The maximum atomic E-state index is 13.5. The molecular weight excluding hydrogens is 365 g/mol. The number of carbonyl (C=O) groups is 1. The molecule has 0 fully saturated rings. The number of ether oxygens (including phenoxy) is 1. The molecule has 2 rings (SSSR count). The number of carbonyl (C=O) groups excluding carboxylic acids is 1. The van der Waals surface area contributed by atoms with Gasteiger partial charge in [0.1, 0.15) is 11.6 Å². The number of aryl methyl sites for hydroxylation is 2. The quantitative estimate of drug-likeness (QED) is 0.534. The fourth-order valence-corrected chi connectivity index (χ4v) is 2.55. The minimum Gasteiger partial charge on any atom is -0.483 e. The average molecular weight is 389 g/mol. The Labute approximate surface area is 164 Å². The zero-order chi connectivity index (χ0) is 20.0. The molecule has 0 spiro atoms. The highest BCUT2D eigenvalue weighted by Crippen LogP contribution is 2.27. The van der Waals surface area contributed by atoms with Crippen molar-refractivity contribution >= 4 is 28.9 Å². The molecule has 0 aliphatic carbocycles. The summed E-state index contributed by atoms with van der Waals surface area (Å²) < 4.78 is 19.2. The zero-order valence-corrected chi connectivity index (χ0v) is 16.7. The van der Waals surface area contributed by atoms with Gasteiger partial charge in [0.25, 0.3) is 5.91 Å². The van der Waals surface area contributed by atoms with Gasteiger partial charge in [0, 0.05) is 5.69 Å². The Morgan fingerprint density at radius 2 is 1.89 bits per heavy atom. The first-order valence-electron chi connectivity index (χ1n) is 8.61. The van der Waals surface area contributed by atoms with Gasteiger partial charge in [-0.05, 0) is 66.9 Å². The zero-order valence-electron chi connectivity index (χ0n) is 15.9. The highest BCUT2D eigenvalue weighted by Gasteiger charge is 2.10. The van der Waals surface area contributed by atoms with Gasteiger partial charge >= 0.3 is 0 Å². The number of hydrogen-bond acceptors (Lipinski definition) is 3. The van der Waals surface area contributed by atoms with E-state index in [1.54, 1.807) is 19.1 Å². The second-order valence-electron chi connectivity index (χ2n) is 6.58. The van der Waals surface area contributed by atoms with Crippen LogP contribution in [0.15, 0.2) is 36.4 Å². The van der Waals surface area contributed by atoms with Crippen LogP contribution < -0.4 is 20.9 Å². The lowest BCUT2D eigenvalue weighted by Crippen LogP contribution is -2.45. The van der Waals surface area contributed by atoms with E-state index in [4.69, 9.17) is 17.0 Å². The Balaban J connectivity index is 1.83. The Hall–Kier alpha value is -2.67. The van der Waals surface area contributed by atoms with Crippen molar-refractivity contribution in [3.05, 3.63) is 58.9 Å². The summed E-state index contributed by atoms with van der Waals surface area (Å²) in [5.74, 6) is 0.259. The van der Waals surface area contributed by atoms with Gasteiger partial charge in [0.05, 0.1) is 0 Å². The molecule has 0 bridgehead atoms. The molecule has 0 unspecified atom stereocenters. The van der Waals surface area contributed by atoms with Gasteiger partial charge in [-0.3, -0.25) is 15.6 Å². The third-order valence-electron chi connectivity index (χ3n) is 3.89. The summed E-state index contributed by atoms with van der Waals surface area (Å²) in [6.45, 7) is 7.62. The van der Waals surface area contributed by atoms with Crippen LogP contribution in [0.1, 0.15) is 36.5 Å². The second-order valence-corrected chi connectivity index (χ2v) is 6.98. The molecule has 0 saturated carbocycles. The topological polar surface area (TPSA) is 62.4 Å². The number of nitrogens with one attached hydrogen (secondary N) is 3. The van der Waals surface area contributed by atoms with Gasteiger partial charge in [-0.1, -0.05) is 32.0 Å². The van der Waals surface area contributed by atoms with Gasteiger partial charge in [-0.25, -0.2) is 4.39 Å². The Morgan fingerprint density at radius 1 is 1.15 bits per heavy atom. The summed E-state index contributed by atoms with van der Waals surface area (Å²) in [4.78, 5) is 12.0. The molecule has 144 valence electrons. The molecule has 0 radical (unpaired) electrons. The number of thiocarbonyl (C=S) groups is 1. The molecule has 3 N–H and O–H groups in total. The van der Waals surface area contributed by atoms with Crippen LogP contribution in [0, 0.1) is 19.7 Å². The maximum absolute atomic E-state index is 13.5. The molecule has 0 heterocycles. The summed E-state index contributed by atoms with van der Waals surface area (Å²) in [5, 5.41) is 2.94. The fraction of sp³-hybridized carbons (Fsp3) is 0.300. The van der Waals surface area contributed by atoms with Crippen LogP contribution in [-0.2, 0) is 4.79 Å². The van der Waals surface area contributed by atoms with E-state index < -0.39 is 0 Å². The first-order valence-corrected chi connectivity index (χ1v) is 9.02. The molecule has 0 aliphatic heterocycles. The molecule has 27 heavy (non-hydrogen) atoms. The number of benzene rings is 2. The Kier molecular flexibility index (Phi) is 7.12. The van der Waals surface area contributed by atoms with E-state index in [-0.39, 0.29) is 29.4 Å². The van der Waals surface area contributed by atoms with Crippen molar-refractivity contribution in [2.45, 2.75) is 33.6 Å². The lowest BCUT2D eigenvalue weighted by atomic mass is 10.0. The number of hydrogen-bond donors (Lipinski definition) is 3. The molecule has 2 aromatic carbocycles. The summed E-state index contributed by atoms with van der Waals surface area (Å²) in [6.07, 6.45) is 0. The third kappa shape index (κ3) is 6.21. The van der Waals surface area contributed by atoms with Gasteiger partial charge in [0.2, 0.25) is 0 Å². The smallest absolute Gasteiger partial charge is 0.276 e. The number of rotatable bonds is 5. The molecule has 0 aliphatic rings. The van der Waals surface area contributed by atoms with Crippen molar-refractivity contribution in [1.29, 1.82) is 0 Å². The lowest BCUT2D eigenvalue weighted by Gasteiger charge is -2.15. The molecule has 1 amide bonds. The molecule has 7 heteroatoms. The minimum absolute atomic E-state index is 0.144. The van der Waals surface area contributed by atoms with E-state index in [1.165, 1.54) is 6.07 Å². The van der Waals surface area contributed by atoms with Gasteiger partial charge in [0.15, 0.2) is 11.7 Å². The average Bonchev–Trinajstić information content (AvgIpc) is 2.61. The van der Waals surface area contributed by atoms with E-state index in [0.29, 0.717) is 17.0 Å². The Morgan fingerprint density at radius 3 is 2.56 bits per heavy atom. The summed E-state index contributed by atoms with van der Waals surface area (Å²) in [7, 11) is 0. The van der Waals surface area contributed by atoms with Gasteiger partial charge in [-0.15, -0.1) is 0 Å². The number of halogens is 1. The van der Waals surface area contributed by atoms with E-state index in [9.17, 15) is 9.18 Å². The van der Waals surface area contributed by atoms with Crippen molar-refractivity contribution in [3.8, 4) is 5.75 Å². The maximum Gasteiger partial charge on any atom is 0.276 e. The first-order chi connectivity index (χ1) is 12.8. The second kappa shape index (κ2) is 9.32. The lowest BCUT2D eigenvalue weighted by molar-refractivity contribution is -0.123. The highest BCUT2D eigenvalue weighted by atomic mass is 32.1. The Bertz CT molecular complexity index is 840. The van der Waals surface area contributed by atoms with E-state index >= 15 is 0 Å². The van der Waals surface area contributed by atoms with Gasteiger partial charge < -0.3 is 10.1 Å². The number of anilines is 1. The third-order valence-corrected chi connectivity index (χ3v) is 4.10. The van der Waals surface area contributed by atoms with Crippen molar-refractivity contribution in [1.82, 2.24) is 10.9 Å². The van der Waals surface area contributed by atoms with Crippen LogP contribution in [0.3, 0.4) is 0 Å². The van der Waals surface area contributed by atoms with Crippen LogP contribution in [0.25, 0.3) is 0 Å². The minimum atomic E-state index is -0.384. The molecule has 0 atom stereocenters. The van der Waals surface area contributed by atoms with Gasteiger partial charge in [-0.2, -0.15) is 0 Å². The summed E-state index contributed by atoms with van der Waals surface area (Å²) in [6, 6.07) is 10.6. The SMILES string of the molecule is Cc1ccc(C(C)C)c(OCC(=O)NNC(=S)Nc2ccc(C)c(F)c2)c1. The predicted octanol–water partition coefficient (Wildman–Crippen LogP) is 3.96. The molecular formula is C20H24FN3O2S. The number of hydrazine groups is 1. The normalized spacial score (nSPS) is 10.4. The van der Waals surface area contributed by atoms with Crippen LogP contribution >= 0.6 is 12.2 Å². The van der Waals surface area contributed by atoms with Crippen LogP contribution in [0.4, 0.5) is 10.1 Å². The van der Waals surface area contributed by atoms with Crippen molar-refractivity contribution in [3.63, 3.8) is 0 Å². The molecule has 5 nitrogen and oxygen atoms in total. The largest absolute Gasteiger partial charge is 0.483 e. The van der Waals surface area contributed by atoms with Crippen LogP contribution in [-0.4, -0.2) is 17.6 Å². The van der Waals surface area contributed by atoms with Crippen molar-refractivity contribution < 1.29 is 13.9 Å². The first kappa shape index (κ1) is 20.6. The molecule has 2 aromatic rings. The summed E-state index contributed by atoms with van der Waals surface area (Å²) in [5.41, 5.74) is 8.15. The summed E-state index contributed by atoms with van der Waals surface area (Å²) >= 11 is 5.08. The van der Waals surface area contributed by atoms with E-state index in [0.717, 1.165) is 11.1 Å². The van der Waals surface area contributed by atoms with Crippen molar-refractivity contribution in [2.24, 2.45) is 0 Å². The molecule has 0 aromatic heterocycles. The monoisotopic (exact) mass is 389 g/mol. The number of amides is 1. The molecule has 0 saturated heterocycles. The fourth-order valence-electron chi connectivity index (χ4n) is 2.38.